The number of likely N-dealkylation sites (N-methyl/N-ethyl adjacent to an activating group) is 1. The minimum atomic E-state index is -0.128. The number of rotatable bonds is 8. The fourth-order valence-corrected chi connectivity index (χ4v) is 6.68. The van der Waals surface area contributed by atoms with Crippen molar-refractivity contribution < 1.29 is 9.53 Å². The van der Waals surface area contributed by atoms with E-state index in [1.165, 1.54) is 31.2 Å². The van der Waals surface area contributed by atoms with Crippen LogP contribution in [0.15, 0.2) is 30.3 Å². The van der Waals surface area contributed by atoms with Gasteiger partial charge in [-0.15, -0.1) is 0 Å². The summed E-state index contributed by atoms with van der Waals surface area (Å²) in [5.41, 5.74) is 1.30. The van der Waals surface area contributed by atoms with Crippen molar-refractivity contribution in [3.05, 3.63) is 35.9 Å². The Morgan fingerprint density at radius 2 is 1.88 bits per heavy atom. The highest BCUT2D eigenvalue weighted by Crippen LogP contribution is 2.35. The van der Waals surface area contributed by atoms with Gasteiger partial charge in [0.05, 0.1) is 18.2 Å². The molecule has 2 N–H and O–H groups in total. The van der Waals surface area contributed by atoms with Gasteiger partial charge in [-0.3, -0.25) is 10.1 Å². The van der Waals surface area contributed by atoms with E-state index in [0.29, 0.717) is 30.4 Å². The quantitative estimate of drug-likeness (QED) is 0.614. The molecule has 4 fully saturated rings. The Hall–Kier alpha value is -1.47. The number of carbonyl (C=O) groups excluding carboxylic acids is 1. The van der Waals surface area contributed by atoms with Gasteiger partial charge in [-0.1, -0.05) is 49.6 Å². The van der Waals surface area contributed by atoms with Gasteiger partial charge in [0, 0.05) is 25.7 Å². The highest BCUT2D eigenvalue weighted by atomic mass is 16.5. The van der Waals surface area contributed by atoms with Crippen LogP contribution in [-0.2, 0) is 16.0 Å². The molecule has 1 saturated carbocycles. The van der Waals surface area contributed by atoms with Gasteiger partial charge in [0.15, 0.2) is 0 Å². The number of hydrogen-bond acceptors (Lipinski definition) is 5. The van der Waals surface area contributed by atoms with E-state index in [1.54, 1.807) is 0 Å². The van der Waals surface area contributed by atoms with Crippen molar-refractivity contribution in [1.29, 1.82) is 0 Å². The average Bonchev–Trinajstić information content (AvgIpc) is 3.31. The van der Waals surface area contributed by atoms with Crippen LogP contribution in [0.4, 0.5) is 0 Å². The molecule has 3 saturated heterocycles. The number of carbonyl (C=O) groups is 1. The number of nitrogens with one attached hydrogen (secondary N) is 2. The molecule has 4 aliphatic rings. The highest BCUT2D eigenvalue weighted by molar-refractivity contribution is 5.83. The van der Waals surface area contributed by atoms with Gasteiger partial charge in [0.2, 0.25) is 5.91 Å². The van der Waals surface area contributed by atoms with E-state index in [2.05, 4.69) is 57.7 Å². The smallest absolute Gasteiger partial charge is 0.240 e. The zero-order valence-corrected chi connectivity index (χ0v) is 21.2. The lowest BCUT2D eigenvalue weighted by Crippen LogP contribution is -2.72. The first kappa shape index (κ1) is 24.2. The summed E-state index contributed by atoms with van der Waals surface area (Å²) in [5, 5.41) is 7.11. The van der Waals surface area contributed by atoms with Crippen molar-refractivity contribution in [2.45, 2.75) is 82.1 Å². The molecule has 1 amide bonds. The van der Waals surface area contributed by atoms with E-state index in [1.807, 2.05) is 7.05 Å². The number of nitrogens with zero attached hydrogens (tertiary/aromatic N) is 2. The first-order valence-corrected chi connectivity index (χ1v) is 13.7. The second-order valence-corrected chi connectivity index (χ2v) is 11.4. The summed E-state index contributed by atoms with van der Waals surface area (Å²) in [4.78, 5) is 19.0. The second kappa shape index (κ2) is 10.7. The van der Waals surface area contributed by atoms with Gasteiger partial charge >= 0.3 is 0 Å². The molecule has 0 bridgehead atoms. The summed E-state index contributed by atoms with van der Waals surface area (Å²) in [6.45, 7) is 7.06. The van der Waals surface area contributed by atoms with Gasteiger partial charge < -0.3 is 19.9 Å². The lowest BCUT2D eigenvalue weighted by atomic mass is 9.82. The monoisotopic (exact) mass is 468 g/mol. The number of hydrogen-bond donors (Lipinski definition) is 2. The van der Waals surface area contributed by atoms with E-state index >= 15 is 0 Å². The molecule has 1 unspecified atom stereocenters. The van der Waals surface area contributed by atoms with Crippen molar-refractivity contribution in [2.75, 3.05) is 39.8 Å². The Labute approximate surface area is 205 Å². The molecule has 5 rings (SSSR count). The fraction of sp³-hybridized carbons (Fsp3) is 0.750. The molecule has 3 heterocycles. The van der Waals surface area contributed by atoms with Crippen molar-refractivity contribution in [2.24, 2.45) is 11.8 Å². The maximum Gasteiger partial charge on any atom is 0.240 e. The van der Waals surface area contributed by atoms with Crippen LogP contribution in [0.3, 0.4) is 0 Å². The maximum atomic E-state index is 14.1. The van der Waals surface area contributed by atoms with Gasteiger partial charge in [-0.25, -0.2) is 0 Å². The van der Waals surface area contributed by atoms with E-state index < -0.39 is 0 Å². The molecular formula is C28H44N4O2. The SMILES string of the molecule is CN[C@@]1(C)COC1N[C@H](C(=O)N1CC[C@H]2CCN(CCc3ccccc3)C[C@H]21)C1CCCCC1. The summed E-state index contributed by atoms with van der Waals surface area (Å²) >= 11 is 0. The molecular weight excluding hydrogens is 424 g/mol. The summed E-state index contributed by atoms with van der Waals surface area (Å²) in [6.07, 6.45) is 9.45. The van der Waals surface area contributed by atoms with Gasteiger partial charge in [-0.05, 0) is 70.0 Å². The van der Waals surface area contributed by atoms with Crippen molar-refractivity contribution >= 4 is 5.91 Å². The molecule has 0 spiro atoms. The third-order valence-electron chi connectivity index (χ3n) is 9.21. The van der Waals surface area contributed by atoms with Crippen LogP contribution >= 0.6 is 0 Å². The van der Waals surface area contributed by atoms with Crippen LogP contribution in [-0.4, -0.2) is 79.4 Å². The van der Waals surface area contributed by atoms with Gasteiger partial charge in [0.25, 0.3) is 0 Å². The van der Waals surface area contributed by atoms with Crippen LogP contribution in [0, 0.1) is 11.8 Å². The molecule has 1 aromatic rings. The van der Waals surface area contributed by atoms with E-state index in [4.69, 9.17) is 4.74 Å². The predicted molar refractivity (Wildman–Crippen MR) is 136 cm³/mol. The zero-order valence-electron chi connectivity index (χ0n) is 21.2. The standard InChI is InChI=1S/C28H44N4O2/c1-28(29-2)20-34-27(28)30-25(23-11-7-4-8-12-23)26(33)32-18-15-22-14-17-31(19-24(22)32)16-13-21-9-5-3-6-10-21/h3,5-6,9-10,22-25,27,29-30H,4,7-8,11-20H2,1-2H3/t22-,24-,25+,27?,28+/m1/s1. The van der Waals surface area contributed by atoms with E-state index in [0.717, 1.165) is 51.9 Å². The lowest BCUT2D eigenvalue weighted by molar-refractivity contribution is -0.168. The Balaban J connectivity index is 1.25. The molecule has 3 aliphatic heterocycles. The molecule has 188 valence electrons. The van der Waals surface area contributed by atoms with Crippen LogP contribution < -0.4 is 10.6 Å². The minimum Gasteiger partial charge on any atom is -0.359 e. The highest BCUT2D eigenvalue weighted by Gasteiger charge is 2.48. The summed E-state index contributed by atoms with van der Waals surface area (Å²) in [6, 6.07) is 11.0. The maximum absolute atomic E-state index is 14.1. The molecule has 1 aliphatic carbocycles. The first-order chi connectivity index (χ1) is 16.6. The number of amides is 1. The number of fused-ring (bicyclic) bond motifs is 1. The van der Waals surface area contributed by atoms with Crippen molar-refractivity contribution in [3.8, 4) is 0 Å². The van der Waals surface area contributed by atoms with Gasteiger partial charge in [0.1, 0.15) is 6.23 Å². The topological polar surface area (TPSA) is 56.8 Å². The number of benzene rings is 1. The number of likely N-dealkylation sites (tertiary alicyclic amines) is 2. The average molecular weight is 469 g/mol. The largest absolute Gasteiger partial charge is 0.359 e. The number of ether oxygens (including phenoxy) is 1. The van der Waals surface area contributed by atoms with E-state index in [-0.39, 0.29) is 17.8 Å². The summed E-state index contributed by atoms with van der Waals surface area (Å²) < 4.78 is 5.92. The Morgan fingerprint density at radius 1 is 1.12 bits per heavy atom. The Morgan fingerprint density at radius 3 is 2.59 bits per heavy atom. The molecule has 0 aromatic heterocycles. The minimum absolute atomic E-state index is 0.0968. The third-order valence-corrected chi connectivity index (χ3v) is 9.21. The summed E-state index contributed by atoms with van der Waals surface area (Å²) in [5.74, 6) is 1.41. The molecule has 34 heavy (non-hydrogen) atoms. The van der Waals surface area contributed by atoms with Crippen LogP contribution in [0.2, 0.25) is 0 Å². The third kappa shape index (κ3) is 5.06. The molecule has 6 heteroatoms. The first-order valence-electron chi connectivity index (χ1n) is 13.7. The Bertz CT molecular complexity index is 810. The number of piperidine rings is 1. The molecule has 1 aromatic carbocycles. The van der Waals surface area contributed by atoms with Crippen molar-refractivity contribution in [1.82, 2.24) is 20.4 Å². The molecule has 5 atom stereocenters. The molecule has 0 radical (unpaired) electrons. The zero-order chi connectivity index (χ0) is 23.5. The lowest BCUT2D eigenvalue weighted by Gasteiger charge is -2.49. The second-order valence-electron chi connectivity index (χ2n) is 11.4. The predicted octanol–water partition coefficient (Wildman–Crippen LogP) is 3.02. The summed E-state index contributed by atoms with van der Waals surface area (Å²) in [7, 11) is 1.99. The van der Waals surface area contributed by atoms with Gasteiger partial charge in [-0.2, -0.15) is 0 Å². The molecule has 6 nitrogen and oxygen atoms in total. The van der Waals surface area contributed by atoms with E-state index in [9.17, 15) is 4.79 Å². The Kier molecular flexibility index (Phi) is 7.59. The normalized spacial score (nSPS) is 33.4. The van der Waals surface area contributed by atoms with Crippen molar-refractivity contribution in [3.63, 3.8) is 0 Å². The van der Waals surface area contributed by atoms with Crippen LogP contribution in [0.5, 0.6) is 0 Å². The van der Waals surface area contributed by atoms with Crippen LogP contribution in [0.25, 0.3) is 0 Å². The van der Waals surface area contributed by atoms with Crippen LogP contribution in [0.1, 0.15) is 57.4 Å². The fourth-order valence-electron chi connectivity index (χ4n) is 6.68.